The van der Waals surface area contributed by atoms with Gasteiger partial charge in [-0.25, -0.2) is 4.79 Å². The Labute approximate surface area is 161 Å². The molecule has 0 spiro atoms. The van der Waals surface area contributed by atoms with Gasteiger partial charge in [0.1, 0.15) is 5.75 Å². The summed E-state index contributed by atoms with van der Waals surface area (Å²) in [5.41, 5.74) is 2.57. The van der Waals surface area contributed by atoms with Crippen LogP contribution in [0.15, 0.2) is 18.2 Å². The van der Waals surface area contributed by atoms with Crippen molar-refractivity contribution in [2.75, 3.05) is 7.11 Å². The Morgan fingerprint density at radius 3 is 2.15 bits per heavy atom. The fourth-order valence-corrected chi connectivity index (χ4v) is 3.55. The summed E-state index contributed by atoms with van der Waals surface area (Å²) in [4.78, 5) is 20.9. The van der Waals surface area contributed by atoms with Gasteiger partial charge in [0.25, 0.3) is 0 Å². The molecule has 0 aliphatic heterocycles. The van der Waals surface area contributed by atoms with Gasteiger partial charge in [-0.3, -0.25) is 4.79 Å². The molecule has 0 heterocycles. The lowest BCUT2D eigenvalue weighted by Gasteiger charge is -2.37. The minimum Gasteiger partial charge on any atom is -0.497 e. The predicted molar refractivity (Wildman–Crippen MR) is 105 cm³/mol. The van der Waals surface area contributed by atoms with Gasteiger partial charge in [-0.1, -0.05) is 26.8 Å². The largest absolute Gasteiger partial charge is 0.503 e. The molecule has 1 aliphatic carbocycles. The summed E-state index contributed by atoms with van der Waals surface area (Å²) in [6, 6.07) is 6.24. The average Bonchev–Trinajstić information content (AvgIpc) is 2.56. The third-order valence-corrected chi connectivity index (χ3v) is 5.22. The number of carbonyl (C=O) groups excluding carboxylic acids is 1. The molecule has 0 atom stereocenters. The highest BCUT2D eigenvalue weighted by molar-refractivity contribution is 5.79. The van der Waals surface area contributed by atoms with Crippen LogP contribution in [0.2, 0.25) is 0 Å². The zero-order chi connectivity index (χ0) is 20.6. The molecule has 3 N–H and O–H groups in total. The van der Waals surface area contributed by atoms with E-state index in [0.29, 0.717) is 17.9 Å². The third-order valence-electron chi connectivity index (χ3n) is 5.22. The monoisotopic (exact) mass is 379 g/mol. The van der Waals surface area contributed by atoms with Crippen molar-refractivity contribution in [1.29, 1.82) is 0 Å². The van der Waals surface area contributed by atoms with E-state index in [1.54, 1.807) is 7.11 Å². The Hall–Kier alpha value is -2.24. The standard InChI is InChI=1S/C20H31NO2.CH2O3/c1-14-12-18(23-5)11-6-15(14)13-19(22)21-17-9-7-16(8-10-17)20(2,3)4;2-1(3)4/h6,11-12,16-17H,7-10,13H2,1-5H3,(H,21,22);(H2,2,3,4). The van der Waals surface area contributed by atoms with Crippen LogP contribution in [-0.2, 0) is 11.2 Å². The smallest absolute Gasteiger partial charge is 0.497 e. The van der Waals surface area contributed by atoms with Gasteiger partial charge >= 0.3 is 6.16 Å². The highest BCUT2D eigenvalue weighted by atomic mass is 16.6. The zero-order valence-electron chi connectivity index (χ0n) is 17.0. The molecule has 0 aromatic heterocycles. The highest BCUT2D eigenvalue weighted by Crippen LogP contribution is 2.37. The molecule has 1 aliphatic rings. The van der Waals surface area contributed by atoms with Gasteiger partial charge in [0.05, 0.1) is 13.5 Å². The Kier molecular flexibility index (Phi) is 8.60. The van der Waals surface area contributed by atoms with Crippen LogP contribution >= 0.6 is 0 Å². The van der Waals surface area contributed by atoms with Crippen molar-refractivity contribution in [2.24, 2.45) is 11.3 Å². The molecule has 6 nitrogen and oxygen atoms in total. The summed E-state index contributed by atoms with van der Waals surface area (Å²) < 4.78 is 5.21. The van der Waals surface area contributed by atoms with Crippen LogP contribution in [0.1, 0.15) is 57.6 Å². The minimum atomic E-state index is -1.83. The van der Waals surface area contributed by atoms with E-state index in [1.165, 1.54) is 12.8 Å². The topological polar surface area (TPSA) is 95.9 Å². The quantitative estimate of drug-likeness (QED) is 0.716. The van der Waals surface area contributed by atoms with Gasteiger partial charge in [-0.15, -0.1) is 0 Å². The lowest BCUT2D eigenvalue weighted by Crippen LogP contribution is -2.40. The van der Waals surface area contributed by atoms with Crippen LogP contribution in [0.5, 0.6) is 5.75 Å². The summed E-state index contributed by atoms with van der Waals surface area (Å²) in [5, 5.41) is 17.2. The molecule has 27 heavy (non-hydrogen) atoms. The minimum absolute atomic E-state index is 0.137. The molecule has 6 heteroatoms. The second-order valence-electron chi connectivity index (χ2n) is 8.23. The molecule has 2 rings (SSSR count). The Morgan fingerprint density at radius 2 is 1.70 bits per heavy atom. The first-order valence-corrected chi connectivity index (χ1v) is 9.37. The van der Waals surface area contributed by atoms with E-state index >= 15 is 0 Å². The lowest BCUT2D eigenvalue weighted by molar-refractivity contribution is -0.121. The van der Waals surface area contributed by atoms with Gasteiger partial charge in [0.2, 0.25) is 5.91 Å². The van der Waals surface area contributed by atoms with Gasteiger partial charge in [0, 0.05) is 6.04 Å². The normalized spacial score (nSPS) is 19.4. The Bertz CT molecular complexity index is 624. The summed E-state index contributed by atoms with van der Waals surface area (Å²) >= 11 is 0. The van der Waals surface area contributed by atoms with Crippen molar-refractivity contribution in [3.63, 3.8) is 0 Å². The van der Waals surface area contributed by atoms with E-state index in [9.17, 15) is 4.79 Å². The molecule has 1 saturated carbocycles. The number of aryl methyl sites for hydroxylation is 1. The number of nitrogens with one attached hydrogen (secondary N) is 1. The number of amides is 1. The molecule has 152 valence electrons. The second kappa shape index (κ2) is 10.2. The number of benzene rings is 1. The fraction of sp³-hybridized carbons (Fsp3) is 0.619. The predicted octanol–water partition coefficient (Wildman–Crippen LogP) is 4.49. The van der Waals surface area contributed by atoms with Crippen LogP contribution in [0.4, 0.5) is 4.79 Å². The first-order chi connectivity index (χ1) is 12.5. The van der Waals surface area contributed by atoms with E-state index in [2.05, 4.69) is 26.1 Å². The summed E-state index contributed by atoms with van der Waals surface area (Å²) in [6.07, 6.45) is 3.27. The van der Waals surface area contributed by atoms with E-state index in [1.807, 2.05) is 25.1 Å². The number of hydrogen-bond donors (Lipinski definition) is 3. The second-order valence-corrected chi connectivity index (χ2v) is 8.23. The van der Waals surface area contributed by atoms with Gasteiger partial charge in [-0.05, 0) is 67.2 Å². The number of ether oxygens (including phenoxy) is 1. The third kappa shape index (κ3) is 8.33. The van der Waals surface area contributed by atoms with E-state index < -0.39 is 6.16 Å². The number of carboxylic acid groups (broad SMARTS) is 2. The van der Waals surface area contributed by atoms with Crippen molar-refractivity contribution in [3.8, 4) is 5.75 Å². The lowest BCUT2D eigenvalue weighted by atomic mass is 9.71. The molecule has 0 unspecified atom stereocenters. The van der Waals surface area contributed by atoms with Crippen molar-refractivity contribution < 1.29 is 24.5 Å². The summed E-state index contributed by atoms with van der Waals surface area (Å²) in [6.45, 7) is 8.99. The van der Waals surface area contributed by atoms with Gasteiger partial charge in [0.15, 0.2) is 0 Å². The first kappa shape index (κ1) is 22.8. The van der Waals surface area contributed by atoms with E-state index in [0.717, 1.165) is 35.6 Å². The average molecular weight is 379 g/mol. The van der Waals surface area contributed by atoms with Gasteiger partial charge in [-0.2, -0.15) is 0 Å². The Morgan fingerprint density at radius 1 is 1.15 bits per heavy atom. The van der Waals surface area contributed by atoms with Crippen LogP contribution in [-0.4, -0.2) is 35.4 Å². The maximum absolute atomic E-state index is 12.3. The summed E-state index contributed by atoms with van der Waals surface area (Å²) in [7, 11) is 1.66. The SMILES string of the molecule is COc1ccc(CC(=O)NC2CCC(C(C)(C)C)CC2)c(C)c1.O=C(O)O. The van der Waals surface area contributed by atoms with E-state index in [-0.39, 0.29) is 5.91 Å². The van der Waals surface area contributed by atoms with E-state index in [4.69, 9.17) is 19.7 Å². The molecule has 0 saturated heterocycles. The van der Waals surface area contributed by atoms with Crippen LogP contribution in [0, 0.1) is 18.3 Å². The maximum atomic E-state index is 12.3. The van der Waals surface area contributed by atoms with Crippen LogP contribution in [0.25, 0.3) is 0 Å². The van der Waals surface area contributed by atoms with Crippen molar-refractivity contribution in [1.82, 2.24) is 5.32 Å². The summed E-state index contributed by atoms with van der Waals surface area (Å²) in [5.74, 6) is 1.75. The highest BCUT2D eigenvalue weighted by Gasteiger charge is 2.30. The molecule has 1 aromatic carbocycles. The molecular weight excluding hydrogens is 346 g/mol. The van der Waals surface area contributed by atoms with Crippen molar-refractivity contribution >= 4 is 12.1 Å². The van der Waals surface area contributed by atoms with Crippen LogP contribution in [0.3, 0.4) is 0 Å². The molecule has 0 bridgehead atoms. The van der Waals surface area contributed by atoms with Gasteiger partial charge < -0.3 is 20.3 Å². The number of hydrogen-bond acceptors (Lipinski definition) is 3. The number of rotatable bonds is 4. The molecular formula is C21H33NO5. The van der Waals surface area contributed by atoms with Crippen LogP contribution < -0.4 is 10.1 Å². The molecule has 0 radical (unpaired) electrons. The fourth-order valence-electron chi connectivity index (χ4n) is 3.55. The molecule has 1 aromatic rings. The van der Waals surface area contributed by atoms with Crippen molar-refractivity contribution in [3.05, 3.63) is 29.3 Å². The zero-order valence-corrected chi connectivity index (χ0v) is 17.0. The number of methoxy groups -OCH3 is 1. The molecule has 1 amide bonds. The first-order valence-electron chi connectivity index (χ1n) is 9.37. The van der Waals surface area contributed by atoms with Crippen molar-refractivity contribution in [2.45, 2.75) is 65.8 Å². The Balaban J connectivity index is 0.000000828. The number of carbonyl (C=O) groups is 2. The molecule has 1 fully saturated rings. The maximum Gasteiger partial charge on any atom is 0.503 e.